The van der Waals surface area contributed by atoms with E-state index in [0.717, 1.165) is 6.92 Å². The fourth-order valence-electron chi connectivity index (χ4n) is 3.63. The third-order valence-corrected chi connectivity index (χ3v) is 5.79. The average molecular weight is 561 g/mol. The van der Waals surface area contributed by atoms with E-state index in [-0.39, 0.29) is 24.3 Å². The molecule has 0 bridgehead atoms. The lowest BCUT2D eigenvalue weighted by Crippen LogP contribution is -2.60. The van der Waals surface area contributed by atoms with Crippen molar-refractivity contribution in [2.75, 3.05) is 0 Å². The summed E-state index contributed by atoms with van der Waals surface area (Å²) in [6.07, 6.45) is -2.53. The van der Waals surface area contributed by atoms with Crippen LogP contribution in [0.25, 0.3) is 0 Å². The normalized spacial score (nSPS) is 14.6. The number of carbonyl (C=O) groups is 5. The fourth-order valence-corrected chi connectivity index (χ4v) is 3.63. The monoisotopic (exact) mass is 560 g/mol. The highest BCUT2D eigenvalue weighted by atomic mass is 16.4. The molecule has 0 aliphatic carbocycles. The Hall–Kier alpha value is -4.69. The summed E-state index contributed by atoms with van der Waals surface area (Å²) in [5, 5.41) is 53.9. The molecule has 2 rings (SSSR count). The van der Waals surface area contributed by atoms with Gasteiger partial charge in [0.25, 0.3) is 0 Å². The molecule has 5 unspecified atom stereocenters. The van der Waals surface area contributed by atoms with Crippen LogP contribution in [-0.4, -0.2) is 85.5 Å². The van der Waals surface area contributed by atoms with E-state index < -0.39 is 66.4 Å². The van der Waals surface area contributed by atoms with Crippen molar-refractivity contribution in [3.05, 3.63) is 59.7 Å². The number of nitrogens with one attached hydrogen (secondary N) is 3. The second kappa shape index (κ2) is 14.5. The first kappa shape index (κ1) is 31.5. The molecular weight excluding hydrogens is 528 g/mol. The summed E-state index contributed by atoms with van der Waals surface area (Å²) in [6.45, 7) is 1.15. The van der Waals surface area contributed by atoms with Crippen LogP contribution in [0.4, 0.5) is 0 Å². The molecule has 0 aliphatic rings. The Labute approximate surface area is 228 Å². The molecule has 0 saturated carbocycles. The number of aliphatic carboxylic acids is 2. The molecule has 0 fully saturated rings. The van der Waals surface area contributed by atoms with Gasteiger partial charge in [-0.05, 0) is 48.7 Å². The van der Waals surface area contributed by atoms with E-state index in [2.05, 4.69) is 10.6 Å². The Balaban J connectivity index is 2.22. The molecular formula is C26H32N4O10. The van der Waals surface area contributed by atoms with Crippen LogP contribution >= 0.6 is 0 Å². The van der Waals surface area contributed by atoms with E-state index in [9.17, 15) is 44.4 Å². The largest absolute Gasteiger partial charge is 0.508 e. The summed E-state index contributed by atoms with van der Waals surface area (Å²) in [5.74, 6) is -5.94. The molecule has 40 heavy (non-hydrogen) atoms. The van der Waals surface area contributed by atoms with Crippen LogP contribution in [0.3, 0.4) is 0 Å². The molecule has 0 radical (unpaired) electrons. The van der Waals surface area contributed by atoms with E-state index >= 15 is 0 Å². The maximum absolute atomic E-state index is 13.2. The quantitative estimate of drug-likeness (QED) is 0.130. The molecule has 2 aromatic rings. The molecule has 0 aromatic heterocycles. The van der Waals surface area contributed by atoms with Gasteiger partial charge in [-0.1, -0.05) is 24.3 Å². The topological polar surface area (TPSA) is 249 Å². The standard InChI is InChI=1S/C26H32N4O10/c1-13(31)22(25(38)29-20(26(39)40)12-21(34)35)30-24(37)19(11-15-4-8-17(33)9-5-15)28-23(36)18(27)10-14-2-6-16(32)7-3-14/h2-9,13,18-20,22,31-33H,10-12,27H2,1H3,(H,28,36)(H,29,38)(H,30,37)(H,34,35)(H,39,40). The Bertz CT molecular complexity index is 1200. The number of carboxylic acids is 2. The maximum Gasteiger partial charge on any atom is 0.326 e. The number of rotatable bonds is 14. The summed E-state index contributed by atoms with van der Waals surface area (Å²) >= 11 is 0. The molecule has 0 aliphatic heterocycles. The summed E-state index contributed by atoms with van der Waals surface area (Å²) in [6, 6.07) is 5.76. The molecule has 14 nitrogen and oxygen atoms in total. The highest BCUT2D eigenvalue weighted by Gasteiger charge is 2.33. The number of hydrogen-bond acceptors (Lipinski definition) is 9. The van der Waals surface area contributed by atoms with Gasteiger partial charge in [0.1, 0.15) is 29.6 Å². The van der Waals surface area contributed by atoms with Crippen LogP contribution in [0, 0.1) is 0 Å². The Morgan fingerprint density at radius 1 is 0.725 bits per heavy atom. The predicted octanol–water partition coefficient (Wildman–Crippen LogP) is -1.40. The SMILES string of the molecule is CC(O)C(NC(=O)C(Cc1ccc(O)cc1)NC(=O)C(N)Cc1ccc(O)cc1)C(=O)NC(CC(=O)O)C(=O)O. The van der Waals surface area contributed by atoms with Gasteiger partial charge in [0.2, 0.25) is 17.7 Å². The molecule has 0 saturated heterocycles. The van der Waals surface area contributed by atoms with Crippen molar-refractivity contribution in [2.24, 2.45) is 5.73 Å². The van der Waals surface area contributed by atoms with Crippen molar-refractivity contribution in [2.45, 2.75) is 56.5 Å². The van der Waals surface area contributed by atoms with E-state index in [1.54, 1.807) is 12.1 Å². The Kier molecular flexibility index (Phi) is 11.4. The van der Waals surface area contributed by atoms with Crippen LogP contribution in [0.15, 0.2) is 48.5 Å². The summed E-state index contributed by atoms with van der Waals surface area (Å²) in [5.41, 5.74) is 7.17. The first-order chi connectivity index (χ1) is 18.8. The molecule has 2 aromatic carbocycles. The molecule has 5 atom stereocenters. The fraction of sp³-hybridized carbons (Fsp3) is 0.346. The van der Waals surface area contributed by atoms with Crippen molar-refractivity contribution >= 4 is 29.7 Å². The van der Waals surface area contributed by atoms with Gasteiger partial charge in [0, 0.05) is 6.42 Å². The zero-order chi connectivity index (χ0) is 30.0. The van der Waals surface area contributed by atoms with Crippen LogP contribution in [-0.2, 0) is 36.8 Å². The van der Waals surface area contributed by atoms with Crippen molar-refractivity contribution in [3.8, 4) is 11.5 Å². The van der Waals surface area contributed by atoms with Crippen molar-refractivity contribution in [1.29, 1.82) is 0 Å². The number of hydrogen-bond donors (Lipinski definition) is 9. The third-order valence-electron chi connectivity index (χ3n) is 5.79. The van der Waals surface area contributed by atoms with Gasteiger partial charge >= 0.3 is 11.9 Å². The second-order valence-corrected chi connectivity index (χ2v) is 9.13. The summed E-state index contributed by atoms with van der Waals surface area (Å²) in [7, 11) is 0. The van der Waals surface area contributed by atoms with E-state index in [0.29, 0.717) is 11.1 Å². The van der Waals surface area contributed by atoms with E-state index in [4.69, 9.17) is 10.8 Å². The van der Waals surface area contributed by atoms with Crippen molar-refractivity contribution < 1.29 is 49.5 Å². The van der Waals surface area contributed by atoms with Gasteiger partial charge in [-0.2, -0.15) is 0 Å². The molecule has 3 amide bonds. The highest BCUT2D eigenvalue weighted by molar-refractivity contribution is 5.95. The Morgan fingerprint density at radius 2 is 1.20 bits per heavy atom. The number of aliphatic hydroxyl groups is 1. The maximum atomic E-state index is 13.2. The molecule has 216 valence electrons. The number of phenolic OH excluding ortho intramolecular Hbond substituents is 2. The lowest BCUT2D eigenvalue weighted by molar-refractivity contribution is -0.148. The number of phenols is 2. The first-order valence-electron chi connectivity index (χ1n) is 12.1. The summed E-state index contributed by atoms with van der Waals surface area (Å²) < 4.78 is 0. The number of benzene rings is 2. The van der Waals surface area contributed by atoms with Crippen molar-refractivity contribution in [1.82, 2.24) is 16.0 Å². The minimum Gasteiger partial charge on any atom is -0.508 e. The molecule has 0 spiro atoms. The van der Waals surface area contributed by atoms with E-state index in [1.807, 2.05) is 5.32 Å². The van der Waals surface area contributed by atoms with Crippen LogP contribution < -0.4 is 21.7 Å². The lowest BCUT2D eigenvalue weighted by atomic mass is 10.0. The molecule has 14 heteroatoms. The van der Waals surface area contributed by atoms with Crippen LogP contribution in [0.1, 0.15) is 24.5 Å². The van der Waals surface area contributed by atoms with Crippen LogP contribution in [0.5, 0.6) is 11.5 Å². The van der Waals surface area contributed by atoms with E-state index in [1.165, 1.54) is 36.4 Å². The van der Waals surface area contributed by atoms with Gasteiger partial charge in [-0.15, -0.1) is 0 Å². The minimum absolute atomic E-state index is 0.0294. The third kappa shape index (κ3) is 9.89. The average Bonchev–Trinajstić information content (AvgIpc) is 2.88. The molecule has 0 heterocycles. The summed E-state index contributed by atoms with van der Waals surface area (Å²) in [4.78, 5) is 61.1. The van der Waals surface area contributed by atoms with Gasteiger partial charge < -0.3 is 47.2 Å². The van der Waals surface area contributed by atoms with Crippen molar-refractivity contribution in [3.63, 3.8) is 0 Å². The highest BCUT2D eigenvalue weighted by Crippen LogP contribution is 2.13. The number of aromatic hydroxyl groups is 2. The lowest BCUT2D eigenvalue weighted by Gasteiger charge is -2.26. The number of aliphatic hydroxyl groups excluding tert-OH is 1. The number of amides is 3. The smallest absolute Gasteiger partial charge is 0.326 e. The number of carbonyl (C=O) groups excluding carboxylic acids is 3. The zero-order valence-corrected chi connectivity index (χ0v) is 21.5. The van der Waals surface area contributed by atoms with Gasteiger partial charge in [-0.3, -0.25) is 19.2 Å². The predicted molar refractivity (Wildman–Crippen MR) is 139 cm³/mol. The number of nitrogens with two attached hydrogens (primary N) is 1. The Morgan fingerprint density at radius 3 is 1.65 bits per heavy atom. The van der Waals surface area contributed by atoms with Crippen LogP contribution in [0.2, 0.25) is 0 Å². The minimum atomic E-state index is -1.83. The zero-order valence-electron chi connectivity index (χ0n) is 21.5. The van der Waals surface area contributed by atoms with Gasteiger partial charge in [0.05, 0.1) is 18.6 Å². The second-order valence-electron chi connectivity index (χ2n) is 9.13. The number of carboxylic acid groups (broad SMARTS) is 2. The molecule has 10 N–H and O–H groups in total. The first-order valence-corrected chi connectivity index (χ1v) is 12.1. The van der Waals surface area contributed by atoms with Gasteiger partial charge in [0.15, 0.2) is 0 Å². The van der Waals surface area contributed by atoms with Gasteiger partial charge in [-0.25, -0.2) is 4.79 Å².